The minimum Gasteiger partial charge on any atom is -0.444 e. The molecular weight excluding hydrogens is 344 g/mol. The lowest BCUT2D eigenvalue weighted by Crippen LogP contribution is -2.55. The van der Waals surface area contributed by atoms with Gasteiger partial charge in [-0.25, -0.2) is 4.79 Å². The van der Waals surface area contributed by atoms with Gasteiger partial charge in [0.25, 0.3) is 0 Å². The van der Waals surface area contributed by atoms with E-state index in [1.54, 1.807) is 4.90 Å². The molecule has 1 atom stereocenters. The van der Waals surface area contributed by atoms with Crippen molar-refractivity contribution >= 4 is 12.0 Å². The second-order valence-electron chi connectivity index (χ2n) is 8.30. The van der Waals surface area contributed by atoms with E-state index in [2.05, 4.69) is 5.32 Å². The molecule has 1 aromatic rings. The molecule has 27 heavy (non-hydrogen) atoms. The average molecular weight is 376 g/mol. The minimum atomic E-state index is -0.569. The van der Waals surface area contributed by atoms with Crippen molar-refractivity contribution < 1.29 is 19.1 Å². The summed E-state index contributed by atoms with van der Waals surface area (Å²) < 4.78 is 11.3. The number of carbonyl (C=O) groups is 2. The van der Waals surface area contributed by atoms with Gasteiger partial charge in [0.05, 0.1) is 12.1 Å². The molecule has 0 aromatic heterocycles. The average Bonchev–Trinajstić information content (AvgIpc) is 2.73. The summed E-state index contributed by atoms with van der Waals surface area (Å²) in [5.74, 6) is -0.0346. The van der Waals surface area contributed by atoms with Crippen LogP contribution in [0.5, 0.6) is 0 Å². The van der Waals surface area contributed by atoms with Gasteiger partial charge in [-0.1, -0.05) is 30.3 Å². The topological polar surface area (TPSA) is 67.9 Å². The molecule has 0 aliphatic carbocycles. The van der Waals surface area contributed by atoms with Crippen LogP contribution in [0.2, 0.25) is 0 Å². The molecule has 150 valence electrons. The molecule has 6 nitrogen and oxygen atoms in total. The third kappa shape index (κ3) is 6.86. The van der Waals surface area contributed by atoms with Crippen molar-refractivity contribution in [2.45, 2.75) is 64.7 Å². The summed E-state index contributed by atoms with van der Waals surface area (Å²) in [5, 5.41) is 2.92. The fraction of sp³-hybridized carbons (Fsp3) is 0.619. The molecule has 6 heteroatoms. The molecule has 1 aliphatic heterocycles. The Balaban J connectivity index is 1.92. The number of hydrogen-bond donors (Lipinski definition) is 1. The summed E-state index contributed by atoms with van der Waals surface area (Å²) in [4.78, 5) is 26.2. The second kappa shape index (κ2) is 9.22. The third-order valence-electron chi connectivity index (χ3n) is 4.61. The predicted molar refractivity (Wildman–Crippen MR) is 104 cm³/mol. The Morgan fingerprint density at radius 3 is 2.63 bits per heavy atom. The van der Waals surface area contributed by atoms with Gasteiger partial charge < -0.3 is 19.7 Å². The molecule has 1 aliphatic rings. The molecular formula is C21H32N2O4. The maximum absolute atomic E-state index is 12.7. The van der Waals surface area contributed by atoms with Crippen molar-refractivity contribution in [3.63, 3.8) is 0 Å². The highest BCUT2D eigenvalue weighted by atomic mass is 16.6. The molecule has 0 saturated carbocycles. The van der Waals surface area contributed by atoms with E-state index in [1.807, 2.05) is 58.0 Å². The first kappa shape index (κ1) is 21.2. The Morgan fingerprint density at radius 2 is 1.96 bits per heavy atom. The number of benzene rings is 1. The number of nitrogens with one attached hydrogen (secondary N) is 1. The number of amides is 2. The Labute approximate surface area is 162 Å². The number of hydrogen-bond acceptors (Lipinski definition) is 4. The molecule has 1 fully saturated rings. The van der Waals surface area contributed by atoms with Crippen LogP contribution in [0.3, 0.4) is 0 Å². The lowest BCUT2D eigenvalue weighted by molar-refractivity contribution is -0.120. The van der Waals surface area contributed by atoms with Crippen molar-refractivity contribution in [3.05, 3.63) is 35.9 Å². The Hall–Kier alpha value is -2.08. The Bertz CT molecular complexity index is 627. The quantitative estimate of drug-likeness (QED) is 0.772. The summed E-state index contributed by atoms with van der Waals surface area (Å²) in [5.41, 5.74) is 0.0753. The van der Waals surface area contributed by atoms with Gasteiger partial charge in [0.1, 0.15) is 5.60 Å². The second-order valence-corrected chi connectivity index (χ2v) is 8.30. The first-order valence-corrected chi connectivity index (χ1v) is 9.59. The number of rotatable bonds is 6. The van der Waals surface area contributed by atoms with Gasteiger partial charge in [-0.15, -0.1) is 0 Å². The van der Waals surface area contributed by atoms with Crippen molar-refractivity contribution in [2.75, 3.05) is 19.7 Å². The molecule has 2 rings (SSSR count). The largest absolute Gasteiger partial charge is 0.444 e. The van der Waals surface area contributed by atoms with Crippen LogP contribution < -0.4 is 5.32 Å². The van der Waals surface area contributed by atoms with Gasteiger partial charge in [-0.2, -0.15) is 0 Å². The summed E-state index contributed by atoms with van der Waals surface area (Å²) in [6.07, 6.45) is 1.44. The van der Waals surface area contributed by atoms with E-state index in [0.717, 1.165) is 18.4 Å². The molecule has 0 unspecified atom stereocenters. The molecule has 1 saturated heterocycles. The smallest absolute Gasteiger partial charge is 0.410 e. The molecule has 0 bridgehead atoms. The van der Waals surface area contributed by atoms with Gasteiger partial charge >= 0.3 is 6.09 Å². The maximum Gasteiger partial charge on any atom is 0.410 e. The molecule has 1 aromatic carbocycles. The molecule has 1 heterocycles. The van der Waals surface area contributed by atoms with Crippen molar-refractivity contribution in [1.29, 1.82) is 0 Å². The zero-order valence-electron chi connectivity index (χ0n) is 16.9. The van der Waals surface area contributed by atoms with Crippen molar-refractivity contribution in [2.24, 2.45) is 0 Å². The van der Waals surface area contributed by atoms with E-state index in [4.69, 9.17) is 9.47 Å². The predicted octanol–water partition coefficient (Wildman–Crippen LogP) is 3.50. The first-order valence-electron chi connectivity index (χ1n) is 9.59. The Morgan fingerprint density at radius 1 is 1.26 bits per heavy atom. The van der Waals surface area contributed by atoms with Crippen LogP contribution in [-0.2, 0) is 20.9 Å². The standard InChI is InChI=1S/C21H32N2O4/c1-20(2,3)27-19(25)23-13-11-18(24)22-16-21(23,4)12-8-14-26-15-17-9-6-5-7-10-17/h5-7,9-10H,8,11-16H2,1-4H3,(H,22,24)/t21-/m1/s1. The number of carbonyl (C=O) groups excluding carboxylic acids is 2. The van der Waals surface area contributed by atoms with Gasteiger partial charge in [0, 0.05) is 26.1 Å². The van der Waals surface area contributed by atoms with Gasteiger partial charge in [0.15, 0.2) is 0 Å². The van der Waals surface area contributed by atoms with E-state index < -0.39 is 11.1 Å². The van der Waals surface area contributed by atoms with E-state index in [-0.39, 0.29) is 12.0 Å². The number of ether oxygens (including phenoxy) is 2. The van der Waals surface area contributed by atoms with E-state index in [0.29, 0.717) is 32.7 Å². The van der Waals surface area contributed by atoms with Gasteiger partial charge in [-0.3, -0.25) is 4.79 Å². The molecule has 0 radical (unpaired) electrons. The van der Waals surface area contributed by atoms with Crippen LogP contribution in [0, 0.1) is 0 Å². The zero-order chi connectivity index (χ0) is 19.9. The highest BCUT2D eigenvalue weighted by molar-refractivity contribution is 5.78. The lowest BCUT2D eigenvalue weighted by Gasteiger charge is -2.40. The highest BCUT2D eigenvalue weighted by Gasteiger charge is 2.39. The summed E-state index contributed by atoms with van der Waals surface area (Å²) in [7, 11) is 0. The van der Waals surface area contributed by atoms with E-state index in [9.17, 15) is 9.59 Å². The fourth-order valence-electron chi connectivity index (χ4n) is 3.13. The molecule has 2 amide bonds. The summed E-state index contributed by atoms with van der Waals surface area (Å²) >= 11 is 0. The van der Waals surface area contributed by atoms with Crippen LogP contribution >= 0.6 is 0 Å². The number of nitrogens with zero attached hydrogens (tertiary/aromatic N) is 1. The third-order valence-corrected chi connectivity index (χ3v) is 4.61. The minimum absolute atomic E-state index is 0.0346. The van der Waals surface area contributed by atoms with Crippen molar-refractivity contribution in [1.82, 2.24) is 10.2 Å². The van der Waals surface area contributed by atoms with Crippen LogP contribution in [0.4, 0.5) is 4.79 Å². The normalized spacial score (nSPS) is 20.7. The van der Waals surface area contributed by atoms with Crippen LogP contribution in [0.1, 0.15) is 52.5 Å². The summed E-state index contributed by atoms with van der Waals surface area (Å²) in [6, 6.07) is 10.0. The van der Waals surface area contributed by atoms with Crippen LogP contribution in [0.15, 0.2) is 30.3 Å². The lowest BCUT2D eigenvalue weighted by atomic mass is 9.94. The van der Waals surface area contributed by atoms with Gasteiger partial charge in [-0.05, 0) is 46.1 Å². The summed E-state index contributed by atoms with van der Waals surface area (Å²) in [6.45, 7) is 9.50. The zero-order valence-corrected chi connectivity index (χ0v) is 16.9. The van der Waals surface area contributed by atoms with Crippen LogP contribution in [-0.4, -0.2) is 47.7 Å². The monoisotopic (exact) mass is 376 g/mol. The fourth-order valence-corrected chi connectivity index (χ4v) is 3.13. The molecule has 1 N–H and O–H groups in total. The van der Waals surface area contributed by atoms with Crippen LogP contribution in [0.25, 0.3) is 0 Å². The molecule has 0 spiro atoms. The highest BCUT2D eigenvalue weighted by Crippen LogP contribution is 2.26. The van der Waals surface area contributed by atoms with E-state index >= 15 is 0 Å². The van der Waals surface area contributed by atoms with E-state index in [1.165, 1.54) is 0 Å². The maximum atomic E-state index is 12.7. The Kier molecular flexibility index (Phi) is 7.25. The van der Waals surface area contributed by atoms with Gasteiger partial charge in [0.2, 0.25) is 5.91 Å². The van der Waals surface area contributed by atoms with Crippen molar-refractivity contribution in [3.8, 4) is 0 Å². The first-order chi connectivity index (χ1) is 12.7. The SMILES string of the molecule is CC(C)(C)OC(=O)N1CCC(=O)NC[C@@]1(C)CCCOCc1ccccc1.